The SMILES string of the molecule is CCC(CNC)c1ccc2[nH]c(=O)[nH]c2c1. The maximum atomic E-state index is 11.1. The van der Waals surface area contributed by atoms with Gasteiger partial charge in [-0.15, -0.1) is 0 Å². The van der Waals surface area contributed by atoms with Crippen molar-refractivity contribution in [2.45, 2.75) is 19.3 Å². The molecule has 3 N–H and O–H groups in total. The fourth-order valence-electron chi connectivity index (χ4n) is 2.05. The average molecular weight is 219 g/mol. The number of rotatable bonds is 4. The topological polar surface area (TPSA) is 60.7 Å². The molecule has 0 aliphatic rings. The molecule has 86 valence electrons. The van der Waals surface area contributed by atoms with E-state index in [1.165, 1.54) is 5.56 Å². The molecule has 1 atom stereocenters. The van der Waals surface area contributed by atoms with Crippen LogP contribution in [0.5, 0.6) is 0 Å². The van der Waals surface area contributed by atoms with Crippen molar-refractivity contribution in [3.8, 4) is 0 Å². The Labute approximate surface area is 94.1 Å². The van der Waals surface area contributed by atoms with Crippen LogP contribution in [0, 0.1) is 0 Å². The molecule has 0 spiro atoms. The molecule has 0 radical (unpaired) electrons. The van der Waals surface area contributed by atoms with Crippen LogP contribution < -0.4 is 11.0 Å². The number of likely N-dealkylation sites (N-methyl/N-ethyl adjacent to an activating group) is 1. The summed E-state index contributed by atoms with van der Waals surface area (Å²) in [7, 11) is 1.96. The van der Waals surface area contributed by atoms with Crippen LogP contribution in [0.1, 0.15) is 24.8 Å². The molecule has 0 bridgehead atoms. The molecule has 0 aliphatic heterocycles. The number of nitrogens with one attached hydrogen (secondary N) is 3. The number of fused-ring (bicyclic) bond motifs is 1. The Morgan fingerprint density at radius 3 is 2.75 bits per heavy atom. The highest BCUT2D eigenvalue weighted by Crippen LogP contribution is 2.21. The predicted octanol–water partition coefficient (Wildman–Crippen LogP) is 1.57. The Balaban J connectivity index is 2.40. The second kappa shape index (κ2) is 4.53. The van der Waals surface area contributed by atoms with E-state index in [0.29, 0.717) is 5.92 Å². The van der Waals surface area contributed by atoms with E-state index in [0.717, 1.165) is 24.0 Å². The normalized spacial score (nSPS) is 13.1. The van der Waals surface area contributed by atoms with Gasteiger partial charge in [0.25, 0.3) is 0 Å². The van der Waals surface area contributed by atoms with Crippen LogP contribution in [0.2, 0.25) is 0 Å². The zero-order valence-corrected chi connectivity index (χ0v) is 9.63. The third kappa shape index (κ3) is 2.02. The van der Waals surface area contributed by atoms with Crippen molar-refractivity contribution in [2.75, 3.05) is 13.6 Å². The molecule has 2 aromatic rings. The van der Waals surface area contributed by atoms with Crippen molar-refractivity contribution in [1.82, 2.24) is 15.3 Å². The summed E-state index contributed by atoms with van der Waals surface area (Å²) >= 11 is 0. The van der Waals surface area contributed by atoms with Gasteiger partial charge in [0.2, 0.25) is 0 Å². The van der Waals surface area contributed by atoms with Crippen molar-refractivity contribution in [1.29, 1.82) is 0 Å². The van der Waals surface area contributed by atoms with Gasteiger partial charge >= 0.3 is 5.69 Å². The first-order valence-electron chi connectivity index (χ1n) is 5.61. The Morgan fingerprint density at radius 1 is 1.31 bits per heavy atom. The highest BCUT2D eigenvalue weighted by atomic mass is 16.1. The maximum Gasteiger partial charge on any atom is 0.323 e. The molecule has 0 saturated heterocycles. The third-order valence-corrected chi connectivity index (χ3v) is 2.95. The third-order valence-electron chi connectivity index (χ3n) is 2.95. The molecule has 0 aliphatic carbocycles. The molecule has 0 fully saturated rings. The minimum atomic E-state index is -0.145. The lowest BCUT2D eigenvalue weighted by Crippen LogP contribution is -2.16. The van der Waals surface area contributed by atoms with Crippen molar-refractivity contribution in [2.24, 2.45) is 0 Å². The van der Waals surface area contributed by atoms with Gasteiger partial charge in [-0.3, -0.25) is 0 Å². The van der Waals surface area contributed by atoms with Gasteiger partial charge in [0, 0.05) is 6.54 Å². The Hall–Kier alpha value is -1.55. The van der Waals surface area contributed by atoms with E-state index < -0.39 is 0 Å². The van der Waals surface area contributed by atoms with Gasteiger partial charge in [-0.2, -0.15) is 0 Å². The van der Waals surface area contributed by atoms with E-state index in [2.05, 4.69) is 34.3 Å². The number of benzene rings is 1. The Kier molecular flexibility index (Phi) is 3.10. The van der Waals surface area contributed by atoms with E-state index in [4.69, 9.17) is 0 Å². The van der Waals surface area contributed by atoms with E-state index >= 15 is 0 Å². The zero-order valence-electron chi connectivity index (χ0n) is 9.63. The largest absolute Gasteiger partial charge is 0.323 e. The summed E-state index contributed by atoms with van der Waals surface area (Å²) < 4.78 is 0. The van der Waals surface area contributed by atoms with Crippen molar-refractivity contribution >= 4 is 11.0 Å². The summed E-state index contributed by atoms with van der Waals surface area (Å²) in [5, 5.41) is 3.19. The van der Waals surface area contributed by atoms with Gasteiger partial charge in [-0.05, 0) is 37.1 Å². The Bertz CT molecular complexity index is 526. The van der Waals surface area contributed by atoms with E-state index in [1.54, 1.807) is 0 Å². The highest BCUT2D eigenvalue weighted by Gasteiger charge is 2.09. The van der Waals surface area contributed by atoms with Crippen LogP contribution in [0.4, 0.5) is 0 Å². The number of aromatic nitrogens is 2. The second-order valence-electron chi connectivity index (χ2n) is 4.05. The number of hydrogen-bond acceptors (Lipinski definition) is 2. The standard InChI is InChI=1S/C12H17N3O/c1-3-8(7-13-2)9-4-5-10-11(6-9)15-12(16)14-10/h4-6,8,13H,3,7H2,1-2H3,(H2,14,15,16). The van der Waals surface area contributed by atoms with E-state index in [1.807, 2.05) is 13.1 Å². The molecule has 4 heteroatoms. The Morgan fingerprint density at radius 2 is 2.06 bits per heavy atom. The lowest BCUT2D eigenvalue weighted by Gasteiger charge is -2.14. The van der Waals surface area contributed by atoms with Gasteiger partial charge in [-0.25, -0.2) is 4.79 Å². The molecule has 4 nitrogen and oxygen atoms in total. The lowest BCUT2D eigenvalue weighted by molar-refractivity contribution is 0.612. The van der Waals surface area contributed by atoms with Crippen LogP contribution >= 0.6 is 0 Å². The smallest absolute Gasteiger partial charge is 0.319 e. The molecule has 16 heavy (non-hydrogen) atoms. The maximum absolute atomic E-state index is 11.1. The van der Waals surface area contributed by atoms with Crippen LogP contribution in [0.15, 0.2) is 23.0 Å². The summed E-state index contributed by atoms with van der Waals surface area (Å²) in [6.07, 6.45) is 1.08. The van der Waals surface area contributed by atoms with Crippen LogP contribution in [0.3, 0.4) is 0 Å². The van der Waals surface area contributed by atoms with E-state index in [-0.39, 0.29) is 5.69 Å². The van der Waals surface area contributed by atoms with Crippen molar-refractivity contribution in [3.63, 3.8) is 0 Å². The minimum Gasteiger partial charge on any atom is -0.319 e. The van der Waals surface area contributed by atoms with Gasteiger partial charge in [0.05, 0.1) is 11.0 Å². The van der Waals surface area contributed by atoms with Crippen LogP contribution in [0.25, 0.3) is 11.0 Å². The molecule has 1 unspecified atom stereocenters. The quantitative estimate of drug-likeness (QED) is 0.731. The minimum absolute atomic E-state index is 0.145. The van der Waals surface area contributed by atoms with Gasteiger partial charge in [0.15, 0.2) is 0 Å². The molecular weight excluding hydrogens is 202 g/mol. The van der Waals surface area contributed by atoms with Gasteiger partial charge in [-0.1, -0.05) is 13.0 Å². The monoisotopic (exact) mass is 219 g/mol. The summed E-state index contributed by atoms with van der Waals surface area (Å²) in [6.45, 7) is 3.13. The van der Waals surface area contributed by atoms with E-state index in [9.17, 15) is 4.79 Å². The number of aromatic amines is 2. The number of hydrogen-bond donors (Lipinski definition) is 3. The van der Waals surface area contributed by atoms with Crippen LogP contribution in [-0.2, 0) is 0 Å². The summed E-state index contributed by atoms with van der Waals surface area (Å²) in [6, 6.07) is 6.09. The summed E-state index contributed by atoms with van der Waals surface area (Å²) in [5.74, 6) is 0.493. The second-order valence-corrected chi connectivity index (χ2v) is 4.05. The summed E-state index contributed by atoms with van der Waals surface area (Å²) in [4.78, 5) is 16.7. The van der Waals surface area contributed by atoms with Crippen molar-refractivity contribution in [3.05, 3.63) is 34.2 Å². The molecule has 1 heterocycles. The molecule has 2 rings (SSSR count). The molecular formula is C12H17N3O. The predicted molar refractivity (Wildman–Crippen MR) is 65.9 cm³/mol. The molecule has 1 aromatic carbocycles. The highest BCUT2D eigenvalue weighted by molar-refractivity contribution is 5.75. The fraction of sp³-hybridized carbons (Fsp3) is 0.417. The fourth-order valence-corrected chi connectivity index (χ4v) is 2.05. The molecule has 0 amide bonds. The first-order valence-corrected chi connectivity index (χ1v) is 5.61. The average Bonchev–Trinajstić information content (AvgIpc) is 2.64. The van der Waals surface area contributed by atoms with Gasteiger partial charge in [0.1, 0.15) is 0 Å². The first kappa shape index (κ1) is 11.0. The van der Waals surface area contributed by atoms with Gasteiger partial charge < -0.3 is 15.3 Å². The first-order chi connectivity index (χ1) is 7.74. The lowest BCUT2D eigenvalue weighted by atomic mass is 9.96. The number of H-pyrrole nitrogens is 2. The molecule has 1 aromatic heterocycles. The van der Waals surface area contributed by atoms with Crippen molar-refractivity contribution < 1.29 is 0 Å². The summed E-state index contributed by atoms with van der Waals surface area (Å²) in [5.41, 5.74) is 2.87. The molecule has 0 saturated carbocycles. The number of imidazole rings is 1. The van der Waals surface area contributed by atoms with Crippen LogP contribution in [-0.4, -0.2) is 23.6 Å². The zero-order chi connectivity index (χ0) is 11.5.